The van der Waals surface area contributed by atoms with Gasteiger partial charge in [0.15, 0.2) is 0 Å². The lowest BCUT2D eigenvalue weighted by molar-refractivity contribution is 0.870. The predicted octanol–water partition coefficient (Wildman–Crippen LogP) is 1.54. The Labute approximate surface area is 70.1 Å². The summed E-state index contributed by atoms with van der Waals surface area (Å²) in [4.78, 5) is 11.2. The van der Waals surface area contributed by atoms with Gasteiger partial charge in [0, 0.05) is 19.3 Å². The Morgan fingerprint density at radius 1 is 1.17 bits per heavy atom. The van der Waals surface area contributed by atoms with Crippen LogP contribution in [0.3, 0.4) is 0 Å². The lowest BCUT2D eigenvalue weighted by atomic mass is 10.2. The monoisotopic (exact) mass is 159 g/mol. The maximum absolute atomic E-state index is 11.2. The van der Waals surface area contributed by atoms with Gasteiger partial charge in [-0.05, 0) is 10.8 Å². The molecule has 0 unspecified atom stereocenters. The summed E-state index contributed by atoms with van der Waals surface area (Å²) in [5.74, 6) is 0. The Hall–Kier alpha value is -1.57. The summed E-state index contributed by atoms with van der Waals surface area (Å²) in [7, 11) is 1.76. The minimum atomic E-state index is 0.0358. The van der Waals surface area contributed by atoms with Gasteiger partial charge in [0.05, 0.1) is 0 Å². The van der Waals surface area contributed by atoms with Crippen molar-refractivity contribution in [3.05, 3.63) is 46.9 Å². The van der Waals surface area contributed by atoms with Crippen molar-refractivity contribution in [1.82, 2.24) is 4.57 Å². The zero-order valence-electron chi connectivity index (χ0n) is 6.82. The molecule has 0 bridgehead atoms. The molecular weight excluding hydrogens is 150 g/mol. The van der Waals surface area contributed by atoms with E-state index in [1.807, 2.05) is 30.5 Å². The van der Waals surface area contributed by atoms with Crippen LogP contribution in [0, 0.1) is 0 Å². The molecule has 0 aliphatic heterocycles. The maximum atomic E-state index is 11.2. The average Bonchev–Trinajstić information content (AvgIpc) is 2.07. The Morgan fingerprint density at radius 2 is 1.83 bits per heavy atom. The minimum absolute atomic E-state index is 0.0358. The summed E-state index contributed by atoms with van der Waals surface area (Å²) >= 11 is 0. The SMILES string of the molecule is Cn1cc2ccccc2cc1=O. The second-order valence-electron chi connectivity index (χ2n) is 2.85. The Bertz CT molecular complexity index is 470. The number of rotatable bonds is 0. The summed E-state index contributed by atoms with van der Waals surface area (Å²) < 4.78 is 1.59. The zero-order valence-corrected chi connectivity index (χ0v) is 6.82. The first-order chi connectivity index (χ1) is 5.77. The van der Waals surface area contributed by atoms with Gasteiger partial charge in [0.2, 0.25) is 0 Å². The van der Waals surface area contributed by atoms with E-state index in [4.69, 9.17) is 0 Å². The number of hydrogen-bond donors (Lipinski definition) is 0. The van der Waals surface area contributed by atoms with E-state index in [-0.39, 0.29) is 5.56 Å². The van der Waals surface area contributed by atoms with E-state index in [0.29, 0.717) is 0 Å². The number of nitrogens with zero attached hydrogens (tertiary/aromatic N) is 1. The lowest BCUT2D eigenvalue weighted by Gasteiger charge is -1.99. The number of pyridine rings is 1. The Morgan fingerprint density at radius 3 is 2.58 bits per heavy atom. The molecule has 1 aromatic heterocycles. The molecule has 0 aliphatic carbocycles. The molecule has 60 valence electrons. The molecule has 1 heterocycles. The molecule has 2 rings (SSSR count). The zero-order chi connectivity index (χ0) is 8.55. The van der Waals surface area contributed by atoms with Crippen LogP contribution in [0.4, 0.5) is 0 Å². The molecule has 0 radical (unpaired) electrons. The van der Waals surface area contributed by atoms with Gasteiger partial charge >= 0.3 is 0 Å². The molecule has 0 saturated heterocycles. The highest BCUT2D eigenvalue weighted by Gasteiger charge is 1.93. The third kappa shape index (κ3) is 1.01. The lowest BCUT2D eigenvalue weighted by Crippen LogP contribution is -2.13. The van der Waals surface area contributed by atoms with Crippen molar-refractivity contribution in [2.75, 3.05) is 0 Å². The van der Waals surface area contributed by atoms with Gasteiger partial charge in [0.25, 0.3) is 5.56 Å². The third-order valence-corrected chi connectivity index (χ3v) is 1.96. The molecule has 2 aromatic rings. The molecule has 0 aliphatic rings. The van der Waals surface area contributed by atoms with Crippen LogP contribution in [-0.4, -0.2) is 4.57 Å². The topological polar surface area (TPSA) is 22.0 Å². The molecule has 0 spiro atoms. The number of benzene rings is 1. The van der Waals surface area contributed by atoms with Crippen molar-refractivity contribution in [2.45, 2.75) is 0 Å². The van der Waals surface area contributed by atoms with E-state index in [1.165, 1.54) is 0 Å². The fraction of sp³-hybridized carbons (Fsp3) is 0.100. The summed E-state index contributed by atoms with van der Waals surface area (Å²) in [5.41, 5.74) is 0.0358. The molecule has 0 amide bonds. The standard InChI is InChI=1S/C10H9NO/c1-11-7-9-5-3-2-4-8(9)6-10(11)12/h2-7H,1H3. The van der Waals surface area contributed by atoms with Crippen LogP contribution in [0.5, 0.6) is 0 Å². The van der Waals surface area contributed by atoms with E-state index < -0.39 is 0 Å². The fourth-order valence-corrected chi connectivity index (χ4v) is 1.27. The normalized spacial score (nSPS) is 10.4. The number of aromatic nitrogens is 1. The van der Waals surface area contributed by atoms with Crippen molar-refractivity contribution in [1.29, 1.82) is 0 Å². The summed E-state index contributed by atoms with van der Waals surface area (Å²) in [5, 5.41) is 2.10. The van der Waals surface area contributed by atoms with Crippen LogP contribution in [-0.2, 0) is 7.05 Å². The molecule has 2 nitrogen and oxygen atoms in total. The van der Waals surface area contributed by atoms with E-state index in [9.17, 15) is 4.79 Å². The average molecular weight is 159 g/mol. The van der Waals surface area contributed by atoms with Crippen LogP contribution >= 0.6 is 0 Å². The second-order valence-corrected chi connectivity index (χ2v) is 2.85. The van der Waals surface area contributed by atoms with Gasteiger partial charge in [-0.25, -0.2) is 0 Å². The number of fused-ring (bicyclic) bond motifs is 1. The van der Waals surface area contributed by atoms with E-state index in [2.05, 4.69) is 0 Å². The van der Waals surface area contributed by atoms with Gasteiger partial charge in [-0.3, -0.25) is 4.79 Å². The number of hydrogen-bond acceptors (Lipinski definition) is 1. The van der Waals surface area contributed by atoms with Crippen molar-refractivity contribution >= 4 is 10.8 Å². The molecule has 2 heteroatoms. The van der Waals surface area contributed by atoms with Gasteiger partial charge in [0.1, 0.15) is 0 Å². The minimum Gasteiger partial charge on any atom is -0.318 e. The molecule has 0 fully saturated rings. The second kappa shape index (κ2) is 2.48. The maximum Gasteiger partial charge on any atom is 0.250 e. The summed E-state index contributed by atoms with van der Waals surface area (Å²) in [6.45, 7) is 0. The molecule has 0 atom stereocenters. The summed E-state index contributed by atoms with van der Waals surface area (Å²) in [6, 6.07) is 9.48. The van der Waals surface area contributed by atoms with Gasteiger partial charge < -0.3 is 4.57 Å². The van der Waals surface area contributed by atoms with E-state index in [0.717, 1.165) is 10.8 Å². The smallest absolute Gasteiger partial charge is 0.250 e. The first kappa shape index (κ1) is 7.10. The van der Waals surface area contributed by atoms with Gasteiger partial charge in [-0.1, -0.05) is 24.3 Å². The molecule has 0 saturated carbocycles. The van der Waals surface area contributed by atoms with Crippen LogP contribution in [0.15, 0.2) is 41.3 Å². The van der Waals surface area contributed by atoms with Crippen molar-refractivity contribution < 1.29 is 0 Å². The van der Waals surface area contributed by atoms with Crippen molar-refractivity contribution in [3.63, 3.8) is 0 Å². The molecule has 0 N–H and O–H groups in total. The van der Waals surface area contributed by atoms with E-state index in [1.54, 1.807) is 17.7 Å². The highest BCUT2D eigenvalue weighted by molar-refractivity contribution is 5.81. The van der Waals surface area contributed by atoms with Crippen LogP contribution in [0.25, 0.3) is 10.8 Å². The van der Waals surface area contributed by atoms with Gasteiger partial charge in [-0.15, -0.1) is 0 Å². The van der Waals surface area contributed by atoms with Crippen LogP contribution in [0.2, 0.25) is 0 Å². The largest absolute Gasteiger partial charge is 0.318 e. The fourth-order valence-electron chi connectivity index (χ4n) is 1.27. The summed E-state index contributed by atoms with van der Waals surface area (Å²) in [6.07, 6.45) is 1.84. The van der Waals surface area contributed by atoms with Crippen LogP contribution in [0.1, 0.15) is 0 Å². The first-order valence-corrected chi connectivity index (χ1v) is 3.83. The Balaban J connectivity index is 2.93. The molecule has 1 aromatic carbocycles. The van der Waals surface area contributed by atoms with Gasteiger partial charge in [-0.2, -0.15) is 0 Å². The third-order valence-electron chi connectivity index (χ3n) is 1.96. The van der Waals surface area contributed by atoms with Crippen molar-refractivity contribution in [3.8, 4) is 0 Å². The quantitative estimate of drug-likeness (QED) is 0.571. The number of aryl methyl sites for hydroxylation is 1. The van der Waals surface area contributed by atoms with Crippen LogP contribution < -0.4 is 5.56 Å². The molecule has 12 heavy (non-hydrogen) atoms. The Kier molecular flexibility index (Phi) is 1.47. The molecular formula is C10H9NO. The predicted molar refractivity (Wildman–Crippen MR) is 49.2 cm³/mol. The first-order valence-electron chi connectivity index (χ1n) is 3.83. The highest BCUT2D eigenvalue weighted by Crippen LogP contribution is 2.08. The van der Waals surface area contributed by atoms with E-state index >= 15 is 0 Å². The van der Waals surface area contributed by atoms with Crippen molar-refractivity contribution in [2.24, 2.45) is 7.05 Å². The highest BCUT2D eigenvalue weighted by atomic mass is 16.1.